The molecule has 1 aromatic carbocycles. The van der Waals surface area contributed by atoms with E-state index in [1.54, 1.807) is 6.07 Å². The summed E-state index contributed by atoms with van der Waals surface area (Å²) in [4.78, 5) is 0.371. The summed E-state index contributed by atoms with van der Waals surface area (Å²) in [5, 5.41) is 0. The molecule has 2 rings (SSSR count). The van der Waals surface area contributed by atoms with Gasteiger partial charge in [0.1, 0.15) is 0 Å². The lowest BCUT2D eigenvalue weighted by Gasteiger charge is -2.18. The summed E-state index contributed by atoms with van der Waals surface area (Å²) in [7, 11) is -3.42. The third-order valence-corrected chi connectivity index (χ3v) is 5.72. The molecule has 0 radical (unpaired) electrons. The third kappa shape index (κ3) is 4.04. The van der Waals surface area contributed by atoms with Crippen molar-refractivity contribution >= 4 is 26.0 Å². The van der Waals surface area contributed by atoms with Gasteiger partial charge >= 0.3 is 0 Å². The van der Waals surface area contributed by atoms with Gasteiger partial charge in [-0.15, -0.1) is 0 Å². The summed E-state index contributed by atoms with van der Waals surface area (Å²) in [6, 6.07) is 5.40. The quantitative estimate of drug-likeness (QED) is 0.855. The molecule has 1 saturated carbocycles. The average molecular weight is 346 g/mol. The maximum atomic E-state index is 12.4. The predicted molar refractivity (Wildman–Crippen MR) is 80.6 cm³/mol. The highest BCUT2D eigenvalue weighted by Crippen LogP contribution is 2.34. The van der Waals surface area contributed by atoms with Crippen LogP contribution >= 0.6 is 15.9 Å². The van der Waals surface area contributed by atoms with Gasteiger partial charge in [-0.25, -0.2) is 13.1 Å². The van der Waals surface area contributed by atoms with E-state index in [0.717, 1.165) is 28.8 Å². The van der Waals surface area contributed by atoms with Crippen molar-refractivity contribution in [2.75, 3.05) is 0 Å². The zero-order chi connectivity index (χ0) is 14.0. The Hall–Kier alpha value is -0.390. The van der Waals surface area contributed by atoms with Crippen molar-refractivity contribution in [1.29, 1.82) is 0 Å². The lowest BCUT2D eigenvalue weighted by Crippen LogP contribution is -2.35. The van der Waals surface area contributed by atoms with Gasteiger partial charge in [0.25, 0.3) is 0 Å². The summed E-state index contributed by atoms with van der Waals surface area (Å²) in [6.45, 7) is 3.85. The van der Waals surface area contributed by atoms with Gasteiger partial charge in [-0.3, -0.25) is 0 Å². The van der Waals surface area contributed by atoms with Crippen LogP contribution in [0.3, 0.4) is 0 Å². The molecule has 1 fully saturated rings. The van der Waals surface area contributed by atoms with Crippen LogP contribution in [0.2, 0.25) is 0 Å². The Labute approximate surface area is 124 Å². The average Bonchev–Trinajstić information content (AvgIpc) is 3.15. The highest BCUT2D eigenvalue weighted by atomic mass is 79.9. The SMILES string of the molecule is CCC(CC1CC1)NS(=O)(=O)c1cc(Br)ccc1C. The van der Waals surface area contributed by atoms with Crippen LogP contribution in [-0.4, -0.2) is 14.5 Å². The minimum Gasteiger partial charge on any atom is -0.208 e. The van der Waals surface area contributed by atoms with Crippen molar-refractivity contribution < 1.29 is 8.42 Å². The van der Waals surface area contributed by atoms with Gasteiger partial charge in [0.2, 0.25) is 10.0 Å². The molecule has 1 atom stereocenters. The molecule has 0 saturated heterocycles. The molecule has 106 valence electrons. The third-order valence-electron chi connectivity index (χ3n) is 3.57. The van der Waals surface area contributed by atoms with Gasteiger partial charge in [-0.2, -0.15) is 0 Å². The van der Waals surface area contributed by atoms with E-state index in [2.05, 4.69) is 20.7 Å². The van der Waals surface area contributed by atoms with E-state index < -0.39 is 10.0 Å². The second-order valence-corrected chi connectivity index (χ2v) is 7.91. The van der Waals surface area contributed by atoms with Crippen molar-refractivity contribution in [2.45, 2.75) is 50.5 Å². The zero-order valence-corrected chi connectivity index (χ0v) is 13.7. The van der Waals surface area contributed by atoms with Gasteiger partial charge in [0.15, 0.2) is 0 Å². The van der Waals surface area contributed by atoms with E-state index in [9.17, 15) is 8.42 Å². The molecule has 1 N–H and O–H groups in total. The summed E-state index contributed by atoms with van der Waals surface area (Å²) in [5.41, 5.74) is 0.775. The summed E-state index contributed by atoms with van der Waals surface area (Å²) < 4.78 is 28.5. The highest BCUT2D eigenvalue weighted by molar-refractivity contribution is 9.10. The van der Waals surface area contributed by atoms with Crippen LogP contribution in [0.15, 0.2) is 27.6 Å². The molecule has 1 aromatic rings. The topological polar surface area (TPSA) is 46.2 Å². The molecule has 3 nitrogen and oxygen atoms in total. The molecule has 1 unspecified atom stereocenters. The lowest BCUT2D eigenvalue weighted by molar-refractivity contribution is 0.495. The van der Waals surface area contributed by atoms with Crippen LogP contribution in [0, 0.1) is 12.8 Å². The normalized spacial score (nSPS) is 17.4. The van der Waals surface area contributed by atoms with Crippen LogP contribution in [0.1, 0.15) is 38.2 Å². The van der Waals surface area contributed by atoms with Crippen LogP contribution in [0.5, 0.6) is 0 Å². The highest BCUT2D eigenvalue weighted by Gasteiger charge is 2.28. The molecular weight excluding hydrogens is 326 g/mol. The smallest absolute Gasteiger partial charge is 0.208 e. The number of hydrogen-bond donors (Lipinski definition) is 1. The Morgan fingerprint density at radius 1 is 1.42 bits per heavy atom. The maximum absolute atomic E-state index is 12.4. The molecule has 0 heterocycles. The largest absolute Gasteiger partial charge is 0.241 e. The molecule has 1 aliphatic rings. The fourth-order valence-corrected chi connectivity index (χ4v) is 4.32. The van der Waals surface area contributed by atoms with Gasteiger partial charge in [-0.05, 0) is 43.4 Å². The van der Waals surface area contributed by atoms with Gasteiger partial charge in [0, 0.05) is 10.5 Å². The second-order valence-electron chi connectivity index (χ2n) is 5.32. The van der Waals surface area contributed by atoms with E-state index in [0.29, 0.717) is 4.90 Å². The second kappa shape index (κ2) is 5.94. The first-order valence-electron chi connectivity index (χ1n) is 6.71. The first-order chi connectivity index (χ1) is 8.92. The molecule has 0 aliphatic heterocycles. The Morgan fingerprint density at radius 2 is 2.11 bits per heavy atom. The number of hydrogen-bond acceptors (Lipinski definition) is 2. The van der Waals surface area contributed by atoms with Gasteiger partial charge in [-0.1, -0.05) is 41.8 Å². The Balaban J connectivity index is 2.18. The fraction of sp³-hybridized carbons (Fsp3) is 0.571. The predicted octanol–water partition coefficient (Wildman–Crippen LogP) is 3.61. The summed E-state index contributed by atoms with van der Waals surface area (Å²) in [5.74, 6) is 0.719. The zero-order valence-electron chi connectivity index (χ0n) is 11.3. The van der Waals surface area contributed by atoms with Crippen molar-refractivity contribution in [3.63, 3.8) is 0 Å². The number of rotatable bonds is 6. The van der Waals surface area contributed by atoms with Crippen molar-refractivity contribution in [3.05, 3.63) is 28.2 Å². The van der Waals surface area contributed by atoms with E-state index in [-0.39, 0.29) is 6.04 Å². The summed E-state index contributed by atoms with van der Waals surface area (Å²) in [6.07, 6.45) is 4.29. The van der Waals surface area contributed by atoms with E-state index in [4.69, 9.17) is 0 Å². The number of benzene rings is 1. The molecule has 0 spiro atoms. The number of halogens is 1. The standard InChI is InChI=1S/C14H20BrNO2S/c1-3-13(8-11-5-6-11)16-19(17,18)14-9-12(15)7-4-10(14)2/h4,7,9,11,13,16H,3,5-6,8H2,1-2H3. The molecule has 19 heavy (non-hydrogen) atoms. The molecule has 5 heteroatoms. The van der Waals surface area contributed by atoms with Crippen LogP contribution < -0.4 is 4.72 Å². The Morgan fingerprint density at radius 3 is 2.68 bits per heavy atom. The van der Waals surface area contributed by atoms with Gasteiger partial charge < -0.3 is 0 Å². The first-order valence-corrected chi connectivity index (χ1v) is 8.98. The molecular formula is C14H20BrNO2S. The van der Waals surface area contributed by atoms with E-state index in [1.165, 1.54) is 12.8 Å². The van der Waals surface area contributed by atoms with Crippen LogP contribution in [-0.2, 0) is 10.0 Å². The monoisotopic (exact) mass is 345 g/mol. The summed E-state index contributed by atoms with van der Waals surface area (Å²) >= 11 is 3.33. The number of sulfonamides is 1. The van der Waals surface area contributed by atoms with Crippen molar-refractivity contribution in [3.8, 4) is 0 Å². The molecule has 0 amide bonds. The Kier molecular flexibility index (Phi) is 4.69. The maximum Gasteiger partial charge on any atom is 0.241 e. The van der Waals surface area contributed by atoms with Crippen LogP contribution in [0.4, 0.5) is 0 Å². The fourth-order valence-electron chi connectivity index (χ4n) is 2.20. The molecule has 1 aliphatic carbocycles. The lowest BCUT2D eigenvalue weighted by atomic mass is 10.1. The van der Waals surface area contributed by atoms with Crippen LogP contribution in [0.25, 0.3) is 0 Å². The molecule has 0 bridgehead atoms. The number of aryl methyl sites for hydroxylation is 1. The first kappa shape index (κ1) is 15.0. The van der Waals surface area contributed by atoms with Crippen molar-refractivity contribution in [2.24, 2.45) is 5.92 Å². The number of nitrogens with one attached hydrogen (secondary N) is 1. The van der Waals surface area contributed by atoms with E-state index >= 15 is 0 Å². The van der Waals surface area contributed by atoms with Gasteiger partial charge in [0.05, 0.1) is 4.90 Å². The van der Waals surface area contributed by atoms with Crippen molar-refractivity contribution in [1.82, 2.24) is 4.72 Å². The molecule has 0 aromatic heterocycles. The Bertz CT molecular complexity index is 553. The minimum atomic E-state index is -3.42. The minimum absolute atomic E-state index is 0.0517. The van der Waals surface area contributed by atoms with E-state index in [1.807, 2.05) is 26.0 Å².